The lowest BCUT2D eigenvalue weighted by atomic mass is 10.1. The van der Waals surface area contributed by atoms with Crippen molar-refractivity contribution in [3.05, 3.63) is 48.2 Å². The van der Waals surface area contributed by atoms with Crippen molar-refractivity contribution in [3.63, 3.8) is 0 Å². The van der Waals surface area contributed by atoms with Gasteiger partial charge >= 0.3 is 0 Å². The predicted octanol–water partition coefficient (Wildman–Crippen LogP) is 1.92. The molecule has 0 atom stereocenters. The SMILES string of the molecule is CN=C(NC(C)=O)/C(=N/OC)c1ccccc1Oc1cc(F)ncn1. The van der Waals surface area contributed by atoms with Gasteiger partial charge in [0, 0.05) is 14.0 Å². The first kappa shape index (κ1) is 18.0. The zero-order valence-electron chi connectivity index (χ0n) is 13.9. The van der Waals surface area contributed by atoms with Crippen LogP contribution in [0.25, 0.3) is 0 Å². The quantitative estimate of drug-likeness (QED) is 0.386. The molecular weight excluding hydrogens is 329 g/mol. The number of carbonyl (C=O) groups excluding carboxylic acids is 1. The highest BCUT2D eigenvalue weighted by Gasteiger charge is 2.19. The highest BCUT2D eigenvalue weighted by Crippen LogP contribution is 2.25. The molecular formula is C16H16FN5O3. The van der Waals surface area contributed by atoms with Gasteiger partial charge in [-0.15, -0.1) is 0 Å². The van der Waals surface area contributed by atoms with Crippen LogP contribution in [0, 0.1) is 5.95 Å². The summed E-state index contributed by atoms with van der Waals surface area (Å²) in [6, 6.07) is 7.85. The molecule has 1 N–H and O–H groups in total. The van der Waals surface area contributed by atoms with Crippen LogP contribution >= 0.6 is 0 Å². The molecule has 0 saturated heterocycles. The van der Waals surface area contributed by atoms with Crippen molar-refractivity contribution in [2.75, 3.05) is 14.2 Å². The molecule has 1 heterocycles. The molecule has 0 aliphatic heterocycles. The van der Waals surface area contributed by atoms with Crippen molar-refractivity contribution in [3.8, 4) is 11.6 Å². The average molecular weight is 345 g/mol. The summed E-state index contributed by atoms with van der Waals surface area (Å²) < 4.78 is 18.9. The Balaban J connectivity index is 2.46. The minimum atomic E-state index is -0.720. The van der Waals surface area contributed by atoms with E-state index in [4.69, 9.17) is 9.57 Å². The van der Waals surface area contributed by atoms with Gasteiger partial charge in [0.25, 0.3) is 0 Å². The highest BCUT2D eigenvalue weighted by atomic mass is 19.1. The summed E-state index contributed by atoms with van der Waals surface area (Å²) in [5.41, 5.74) is 0.711. The Bertz CT molecular complexity index is 823. The Kier molecular flexibility index (Phi) is 6.10. The minimum absolute atomic E-state index is 0.0197. The number of nitrogens with zero attached hydrogens (tertiary/aromatic N) is 4. The van der Waals surface area contributed by atoms with E-state index in [2.05, 4.69) is 25.4 Å². The van der Waals surface area contributed by atoms with Crippen LogP contribution < -0.4 is 10.1 Å². The lowest BCUT2D eigenvalue weighted by Gasteiger charge is -2.13. The van der Waals surface area contributed by atoms with Crippen molar-refractivity contribution < 1.29 is 18.8 Å². The van der Waals surface area contributed by atoms with Crippen LogP contribution in [-0.4, -0.2) is 41.6 Å². The van der Waals surface area contributed by atoms with Crippen molar-refractivity contribution in [1.29, 1.82) is 0 Å². The third-order valence-corrected chi connectivity index (χ3v) is 2.89. The van der Waals surface area contributed by atoms with Crippen LogP contribution in [-0.2, 0) is 9.63 Å². The van der Waals surface area contributed by atoms with Crippen LogP contribution in [0.2, 0.25) is 0 Å². The molecule has 1 aromatic heterocycles. The van der Waals surface area contributed by atoms with Crippen LogP contribution in [0.15, 0.2) is 46.8 Å². The molecule has 1 amide bonds. The molecule has 0 bridgehead atoms. The summed E-state index contributed by atoms with van der Waals surface area (Å²) in [5, 5.41) is 6.50. The smallest absolute Gasteiger partial charge is 0.225 e. The molecule has 1 aromatic carbocycles. The molecule has 0 radical (unpaired) electrons. The molecule has 8 nitrogen and oxygen atoms in total. The van der Waals surface area contributed by atoms with E-state index in [-0.39, 0.29) is 23.3 Å². The van der Waals surface area contributed by atoms with Gasteiger partial charge in [0.15, 0.2) is 11.5 Å². The van der Waals surface area contributed by atoms with E-state index in [0.717, 1.165) is 12.4 Å². The largest absolute Gasteiger partial charge is 0.438 e. The fraction of sp³-hybridized carbons (Fsp3) is 0.188. The number of hydrogen-bond donors (Lipinski definition) is 1. The summed E-state index contributed by atoms with van der Waals surface area (Å²) in [7, 11) is 2.87. The molecule has 0 spiro atoms. The normalized spacial score (nSPS) is 11.8. The molecule has 2 rings (SSSR count). The Labute approximate surface area is 143 Å². The lowest BCUT2D eigenvalue weighted by molar-refractivity contribution is -0.117. The predicted molar refractivity (Wildman–Crippen MR) is 89.2 cm³/mol. The number of halogens is 1. The van der Waals surface area contributed by atoms with E-state index in [1.54, 1.807) is 24.3 Å². The number of carbonyl (C=O) groups is 1. The molecule has 0 unspecified atom stereocenters. The molecule has 2 aromatic rings. The first-order chi connectivity index (χ1) is 12.0. The monoisotopic (exact) mass is 345 g/mol. The van der Waals surface area contributed by atoms with E-state index in [1.807, 2.05) is 0 Å². The second-order valence-corrected chi connectivity index (χ2v) is 4.65. The van der Waals surface area contributed by atoms with Gasteiger partial charge in [-0.25, -0.2) is 9.97 Å². The third kappa shape index (κ3) is 4.80. The topological polar surface area (TPSA) is 98.1 Å². The summed E-state index contributed by atoms with van der Waals surface area (Å²) in [4.78, 5) is 27.5. The molecule has 0 saturated carbocycles. The maximum atomic E-state index is 13.2. The lowest BCUT2D eigenvalue weighted by Crippen LogP contribution is -2.35. The zero-order valence-corrected chi connectivity index (χ0v) is 13.9. The number of benzene rings is 1. The fourth-order valence-electron chi connectivity index (χ4n) is 1.94. The van der Waals surface area contributed by atoms with Crippen molar-refractivity contribution >= 4 is 17.5 Å². The van der Waals surface area contributed by atoms with E-state index >= 15 is 0 Å². The molecule has 0 aliphatic carbocycles. The molecule has 0 aliphatic rings. The summed E-state index contributed by atoms with van der Waals surface area (Å²) in [5.74, 6) is -0.503. The van der Waals surface area contributed by atoms with Crippen molar-refractivity contribution in [1.82, 2.24) is 15.3 Å². The molecule has 25 heavy (non-hydrogen) atoms. The Morgan fingerprint density at radius 1 is 1.28 bits per heavy atom. The number of ether oxygens (including phenoxy) is 1. The number of para-hydroxylation sites is 1. The van der Waals surface area contributed by atoms with E-state index in [0.29, 0.717) is 11.3 Å². The van der Waals surface area contributed by atoms with Crippen LogP contribution in [0.1, 0.15) is 12.5 Å². The number of rotatable bonds is 5. The third-order valence-electron chi connectivity index (χ3n) is 2.89. The number of aliphatic imine (C=N–C) groups is 1. The molecule has 0 fully saturated rings. The van der Waals surface area contributed by atoms with E-state index < -0.39 is 5.95 Å². The summed E-state index contributed by atoms with van der Waals surface area (Å²) in [6.45, 7) is 1.35. The Morgan fingerprint density at radius 2 is 2.04 bits per heavy atom. The van der Waals surface area contributed by atoms with Gasteiger partial charge in [-0.3, -0.25) is 9.79 Å². The van der Waals surface area contributed by atoms with Gasteiger partial charge in [0.2, 0.25) is 17.7 Å². The first-order valence-corrected chi connectivity index (χ1v) is 7.15. The van der Waals surface area contributed by atoms with Gasteiger partial charge in [-0.05, 0) is 12.1 Å². The average Bonchev–Trinajstić information content (AvgIpc) is 2.58. The minimum Gasteiger partial charge on any atom is -0.438 e. The zero-order chi connectivity index (χ0) is 18.2. The number of aromatic nitrogens is 2. The Hall–Kier alpha value is -3.36. The molecule has 9 heteroatoms. The first-order valence-electron chi connectivity index (χ1n) is 7.15. The maximum absolute atomic E-state index is 13.2. The maximum Gasteiger partial charge on any atom is 0.225 e. The second-order valence-electron chi connectivity index (χ2n) is 4.65. The van der Waals surface area contributed by atoms with Crippen LogP contribution in [0.3, 0.4) is 0 Å². The van der Waals surface area contributed by atoms with Crippen LogP contribution in [0.4, 0.5) is 4.39 Å². The van der Waals surface area contributed by atoms with E-state index in [1.165, 1.54) is 21.1 Å². The second kappa shape index (κ2) is 8.48. The van der Waals surface area contributed by atoms with E-state index in [9.17, 15) is 9.18 Å². The fourth-order valence-corrected chi connectivity index (χ4v) is 1.94. The number of hydrogen-bond acceptors (Lipinski definition) is 7. The van der Waals surface area contributed by atoms with Gasteiger partial charge < -0.3 is 14.9 Å². The van der Waals surface area contributed by atoms with Crippen molar-refractivity contribution in [2.45, 2.75) is 6.92 Å². The number of amides is 1. The summed E-state index contributed by atoms with van der Waals surface area (Å²) in [6.07, 6.45) is 1.05. The van der Waals surface area contributed by atoms with Crippen LogP contribution in [0.5, 0.6) is 11.6 Å². The van der Waals surface area contributed by atoms with Crippen molar-refractivity contribution in [2.24, 2.45) is 10.1 Å². The number of oxime groups is 1. The highest BCUT2D eigenvalue weighted by molar-refractivity contribution is 6.49. The van der Waals surface area contributed by atoms with Gasteiger partial charge in [0.05, 0.1) is 11.6 Å². The van der Waals surface area contributed by atoms with Gasteiger partial charge in [-0.2, -0.15) is 4.39 Å². The Morgan fingerprint density at radius 3 is 2.68 bits per heavy atom. The number of amidine groups is 1. The molecule has 130 valence electrons. The van der Waals surface area contributed by atoms with Gasteiger partial charge in [0.1, 0.15) is 19.2 Å². The number of nitrogens with one attached hydrogen (secondary N) is 1. The van der Waals surface area contributed by atoms with Gasteiger partial charge in [-0.1, -0.05) is 17.3 Å². The standard InChI is InChI=1S/C16H16FN5O3/c1-10(23)21-16(18-2)15(22-24-3)11-6-4-5-7-12(11)25-14-8-13(17)19-9-20-14/h4-9H,1-3H3,(H,18,21,23)/b22-15+. The summed E-state index contributed by atoms with van der Waals surface area (Å²) >= 11 is 0.